The molecule has 0 radical (unpaired) electrons. The van der Waals surface area contributed by atoms with Crippen LogP contribution < -0.4 is 10.6 Å². The number of amides is 1. The first-order valence-corrected chi connectivity index (χ1v) is 5.81. The minimum absolute atomic E-state index is 0.0963. The highest BCUT2D eigenvalue weighted by molar-refractivity contribution is 6.02. The van der Waals surface area contributed by atoms with Crippen LogP contribution in [-0.2, 0) is 9.53 Å². The summed E-state index contributed by atoms with van der Waals surface area (Å²) in [5, 5.41) is 0. The van der Waals surface area contributed by atoms with E-state index in [1.807, 2.05) is 0 Å². The normalized spacial score (nSPS) is 19.1. The van der Waals surface area contributed by atoms with Gasteiger partial charge < -0.3 is 15.4 Å². The second-order valence-corrected chi connectivity index (χ2v) is 4.06. The highest BCUT2D eigenvalue weighted by Gasteiger charge is 2.31. The van der Waals surface area contributed by atoms with E-state index in [0.717, 1.165) is 0 Å². The zero-order valence-corrected chi connectivity index (χ0v) is 10.1. The summed E-state index contributed by atoms with van der Waals surface area (Å²) in [5.74, 6) is -0.623. The van der Waals surface area contributed by atoms with Crippen LogP contribution in [0.1, 0.15) is 23.8 Å². The van der Waals surface area contributed by atoms with Crippen LogP contribution in [0.15, 0.2) is 18.3 Å². The number of ether oxygens (including phenoxy) is 1. The molecule has 18 heavy (non-hydrogen) atoms. The van der Waals surface area contributed by atoms with Crippen molar-refractivity contribution in [3.63, 3.8) is 0 Å². The number of hydrogen-bond donors (Lipinski definition) is 1. The van der Waals surface area contributed by atoms with E-state index in [4.69, 9.17) is 10.5 Å². The molecule has 0 saturated carbocycles. The van der Waals surface area contributed by atoms with Crippen LogP contribution in [0.2, 0.25) is 0 Å². The monoisotopic (exact) mass is 249 g/mol. The number of nitrogens with two attached hydrogens (primary N) is 1. The molecule has 2 heterocycles. The molecular formula is C12H15N3O3. The quantitative estimate of drug-likeness (QED) is 0.780. The Morgan fingerprint density at radius 3 is 3.06 bits per heavy atom. The lowest BCUT2D eigenvalue weighted by molar-refractivity contribution is -0.117. The SMILES string of the molecule is CCOC(=O)c1ncccc1N1CC(N)CC1=O. The largest absolute Gasteiger partial charge is 0.461 e. The van der Waals surface area contributed by atoms with Gasteiger partial charge in [0.1, 0.15) is 0 Å². The Hall–Kier alpha value is -1.95. The van der Waals surface area contributed by atoms with E-state index in [0.29, 0.717) is 12.2 Å². The van der Waals surface area contributed by atoms with E-state index >= 15 is 0 Å². The number of aromatic nitrogens is 1. The van der Waals surface area contributed by atoms with E-state index < -0.39 is 5.97 Å². The molecule has 1 aliphatic heterocycles. The smallest absolute Gasteiger partial charge is 0.359 e. The maximum atomic E-state index is 11.8. The third kappa shape index (κ3) is 2.33. The average Bonchev–Trinajstić information content (AvgIpc) is 2.69. The number of pyridine rings is 1. The Bertz CT molecular complexity index is 475. The van der Waals surface area contributed by atoms with Crippen molar-refractivity contribution in [2.45, 2.75) is 19.4 Å². The van der Waals surface area contributed by atoms with Crippen LogP contribution in [-0.4, -0.2) is 36.1 Å². The van der Waals surface area contributed by atoms with Crippen molar-refractivity contribution in [1.29, 1.82) is 0 Å². The first-order chi connectivity index (χ1) is 8.63. The van der Waals surface area contributed by atoms with Crippen molar-refractivity contribution >= 4 is 17.6 Å². The Balaban J connectivity index is 2.33. The van der Waals surface area contributed by atoms with E-state index in [2.05, 4.69) is 4.98 Å². The van der Waals surface area contributed by atoms with Gasteiger partial charge in [0.05, 0.1) is 12.3 Å². The highest BCUT2D eigenvalue weighted by atomic mass is 16.5. The van der Waals surface area contributed by atoms with Gasteiger partial charge in [-0.05, 0) is 19.1 Å². The number of hydrogen-bond acceptors (Lipinski definition) is 5. The van der Waals surface area contributed by atoms with Crippen LogP contribution in [0.4, 0.5) is 5.69 Å². The molecule has 6 nitrogen and oxygen atoms in total. The Kier molecular flexibility index (Phi) is 3.57. The van der Waals surface area contributed by atoms with E-state index in [1.165, 1.54) is 11.1 Å². The summed E-state index contributed by atoms with van der Waals surface area (Å²) < 4.78 is 4.92. The predicted molar refractivity (Wildman–Crippen MR) is 65.1 cm³/mol. The van der Waals surface area contributed by atoms with E-state index in [-0.39, 0.29) is 30.7 Å². The zero-order valence-electron chi connectivity index (χ0n) is 10.1. The molecule has 1 unspecified atom stereocenters. The van der Waals surface area contributed by atoms with Crippen LogP contribution in [0, 0.1) is 0 Å². The summed E-state index contributed by atoms with van der Waals surface area (Å²) >= 11 is 0. The lowest BCUT2D eigenvalue weighted by Gasteiger charge is -2.18. The number of esters is 1. The highest BCUT2D eigenvalue weighted by Crippen LogP contribution is 2.24. The van der Waals surface area contributed by atoms with Gasteiger partial charge in [-0.2, -0.15) is 0 Å². The summed E-state index contributed by atoms with van der Waals surface area (Å²) in [6.45, 7) is 2.39. The molecule has 0 aromatic carbocycles. The van der Waals surface area contributed by atoms with Gasteiger partial charge in [0.2, 0.25) is 5.91 Å². The van der Waals surface area contributed by atoms with Crippen LogP contribution in [0.5, 0.6) is 0 Å². The number of rotatable bonds is 3. The number of carbonyl (C=O) groups excluding carboxylic acids is 2. The molecule has 6 heteroatoms. The van der Waals surface area contributed by atoms with Gasteiger partial charge in [-0.25, -0.2) is 9.78 Å². The molecule has 1 aromatic heterocycles. The fraction of sp³-hybridized carbons (Fsp3) is 0.417. The molecule has 0 bridgehead atoms. The van der Waals surface area contributed by atoms with Gasteiger partial charge >= 0.3 is 5.97 Å². The standard InChI is InChI=1S/C12H15N3O3/c1-2-18-12(17)11-9(4-3-5-14-11)15-7-8(13)6-10(15)16/h3-5,8H,2,6-7,13H2,1H3. The van der Waals surface area contributed by atoms with Crippen molar-refractivity contribution in [3.8, 4) is 0 Å². The molecule has 0 spiro atoms. The molecule has 2 rings (SSSR count). The second kappa shape index (κ2) is 5.14. The van der Waals surface area contributed by atoms with Crippen molar-refractivity contribution < 1.29 is 14.3 Å². The summed E-state index contributed by atoms with van der Waals surface area (Å²) in [4.78, 5) is 29.0. The predicted octanol–water partition coefficient (Wildman–Crippen LogP) is 0.322. The molecule has 1 amide bonds. The molecule has 1 fully saturated rings. The Labute approximate surface area is 105 Å². The van der Waals surface area contributed by atoms with Crippen molar-refractivity contribution in [1.82, 2.24) is 4.98 Å². The van der Waals surface area contributed by atoms with Gasteiger partial charge in [0.25, 0.3) is 0 Å². The third-order valence-electron chi connectivity index (χ3n) is 2.70. The summed E-state index contributed by atoms with van der Waals surface area (Å²) in [6, 6.07) is 3.15. The molecule has 96 valence electrons. The fourth-order valence-electron chi connectivity index (χ4n) is 1.94. The Morgan fingerprint density at radius 1 is 1.67 bits per heavy atom. The molecule has 0 aliphatic carbocycles. The van der Waals surface area contributed by atoms with E-state index in [9.17, 15) is 9.59 Å². The topological polar surface area (TPSA) is 85.5 Å². The average molecular weight is 249 g/mol. The molecule has 1 aliphatic rings. The minimum atomic E-state index is -0.527. The number of nitrogens with zero attached hydrogens (tertiary/aromatic N) is 2. The zero-order chi connectivity index (χ0) is 13.1. The van der Waals surface area contributed by atoms with Crippen LogP contribution in [0.3, 0.4) is 0 Å². The van der Waals surface area contributed by atoms with Crippen molar-refractivity contribution in [2.24, 2.45) is 5.73 Å². The first kappa shape index (κ1) is 12.5. The fourth-order valence-corrected chi connectivity index (χ4v) is 1.94. The maximum absolute atomic E-state index is 11.8. The van der Waals surface area contributed by atoms with Gasteiger partial charge in [0.15, 0.2) is 5.69 Å². The third-order valence-corrected chi connectivity index (χ3v) is 2.70. The Morgan fingerprint density at radius 2 is 2.44 bits per heavy atom. The van der Waals surface area contributed by atoms with Crippen LogP contribution in [0.25, 0.3) is 0 Å². The maximum Gasteiger partial charge on any atom is 0.359 e. The second-order valence-electron chi connectivity index (χ2n) is 4.06. The van der Waals surface area contributed by atoms with Crippen molar-refractivity contribution in [3.05, 3.63) is 24.0 Å². The minimum Gasteiger partial charge on any atom is -0.461 e. The molecule has 1 atom stereocenters. The molecule has 1 saturated heterocycles. The number of carbonyl (C=O) groups is 2. The number of anilines is 1. The first-order valence-electron chi connectivity index (χ1n) is 5.81. The molecule has 2 N–H and O–H groups in total. The van der Waals surface area contributed by atoms with E-state index in [1.54, 1.807) is 19.1 Å². The van der Waals surface area contributed by atoms with Gasteiger partial charge in [-0.1, -0.05) is 0 Å². The van der Waals surface area contributed by atoms with Gasteiger partial charge in [-0.3, -0.25) is 4.79 Å². The van der Waals surface area contributed by atoms with Gasteiger partial charge in [-0.15, -0.1) is 0 Å². The lowest BCUT2D eigenvalue weighted by Crippen LogP contribution is -2.29. The van der Waals surface area contributed by atoms with Crippen LogP contribution >= 0.6 is 0 Å². The molecular weight excluding hydrogens is 234 g/mol. The lowest BCUT2D eigenvalue weighted by atomic mass is 10.2. The summed E-state index contributed by atoms with van der Waals surface area (Å²) in [6.07, 6.45) is 1.79. The molecule has 1 aromatic rings. The summed E-state index contributed by atoms with van der Waals surface area (Å²) in [7, 11) is 0. The van der Waals surface area contributed by atoms with Gasteiger partial charge in [0, 0.05) is 25.2 Å². The van der Waals surface area contributed by atoms with Crippen molar-refractivity contribution in [2.75, 3.05) is 18.1 Å². The summed E-state index contributed by atoms with van der Waals surface area (Å²) in [5.41, 5.74) is 6.36.